The standard InChI is InChI=1S/C16H25NO2/c1-11(2)6-7-12(3)17-13-8-9-14-15(10-13)19-16(4,5)18-14/h8-12,17H,6-7H2,1-5H3. The van der Waals surface area contributed by atoms with Crippen LogP contribution in [0.1, 0.15) is 47.5 Å². The van der Waals surface area contributed by atoms with E-state index in [1.54, 1.807) is 0 Å². The Balaban J connectivity index is 1.96. The molecule has 0 aliphatic carbocycles. The van der Waals surface area contributed by atoms with Gasteiger partial charge in [-0.2, -0.15) is 0 Å². The van der Waals surface area contributed by atoms with E-state index in [9.17, 15) is 0 Å². The molecule has 1 aliphatic heterocycles. The van der Waals surface area contributed by atoms with Crippen LogP contribution in [0, 0.1) is 5.92 Å². The van der Waals surface area contributed by atoms with E-state index in [1.807, 2.05) is 26.0 Å². The Morgan fingerprint density at radius 2 is 1.74 bits per heavy atom. The molecule has 0 amide bonds. The number of fused-ring (bicyclic) bond motifs is 1. The SMILES string of the molecule is CC(C)CCC(C)Nc1ccc2c(c1)OC(C)(C)O2. The summed E-state index contributed by atoms with van der Waals surface area (Å²) in [6.07, 6.45) is 2.42. The van der Waals surface area contributed by atoms with Gasteiger partial charge in [-0.3, -0.25) is 0 Å². The fourth-order valence-electron chi connectivity index (χ4n) is 2.25. The van der Waals surface area contributed by atoms with E-state index < -0.39 is 5.79 Å². The molecule has 0 radical (unpaired) electrons. The second kappa shape index (κ2) is 5.32. The summed E-state index contributed by atoms with van der Waals surface area (Å²) in [5.41, 5.74) is 1.09. The van der Waals surface area contributed by atoms with Crippen molar-refractivity contribution in [3.63, 3.8) is 0 Å². The molecule has 0 aromatic heterocycles. The van der Waals surface area contributed by atoms with Gasteiger partial charge in [0.2, 0.25) is 5.79 Å². The van der Waals surface area contributed by atoms with E-state index in [0.717, 1.165) is 23.1 Å². The summed E-state index contributed by atoms with van der Waals surface area (Å²) in [6, 6.07) is 6.52. The van der Waals surface area contributed by atoms with Crippen molar-refractivity contribution in [3.05, 3.63) is 18.2 Å². The maximum Gasteiger partial charge on any atom is 0.246 e. The van der Waals surface area contributed by atoms with Gasteiger partial charge in [0, 0.05) is 31.6 Å². The molecule has 0 bridgehead atoms. The molecule has 1 aromatic rings. The molecule has 1 aliphatic rings. The first-order chi connectivity index (χ1) is 8.85. The third kappa shape index (κ3) is 3.79. The predicted octanol–water partition coefficient (Wildman–Crippen LogP) is 4.43. The molecule has 1 N–H and O–H groups in total. The molecular weight excluding hydrogens is 238 g/mol. The molecule has 0 spiro atoms. The second-order valence-electron chi connectivity index (χ2n) is 6.28. The molecule has 1 aromatic carbocycles. The average molecular weight is 263 g/mol. The Kier molecular flexibility index (Phi) is 3.93. The first-order valence-electron chi connectivity index (χ1n) is 7.14. The van der Waals surface area contributed by atoms with E-state index in [1.165, 1.54) is 12.8 Å². The van der Waals surface area contributed by atoms with Crippen molar-refractivity contribution in [2.45, 2.75) is 59.3 Å². The van der Waals surface area contributed by atoms with Gasteiger partial charge in [-0.15, -0.1) is 0 Å². The highest BCUT2D eigenvalue weighted by Gasteiger charge is 2.31. The van der Waals surface area contributed by atoms with E-state index in [2.05, 4.69) is 32.2 Å². The van der Waals surface area contributed by atoms with Crippen molar-refractivity contribution in [1.29, 1.82) is 0 Å². The highest BCUT2D eigenvalue weighted by Crippen LogP contribution is 2.40. The number of benzene rings is 1. The highest BCUT2D eigenvalue weighted by atomic mass is 16.7. The molecule has 0 fully saturated rings. The molecule has 0 saturated heterocycles. The zero-order valence-electron chi connectivity index (χ0n) is 12.6. The van der Waals surface area contributed by atoms with Crippen LogP contribution in [0.2, 0.25) is 0 Å². The topological polar surface area (TPSA) is 30.5 Å². The van der Waals surface area contributed by atoms with Gasteiger partial charge in [0.1, 0.15) is 0 Å². The number of anilines is 1. The number of hydrogen-bond acceptors (Lipinski definition) is 3. The summed E-state index contributed by atoms with van der Waals surface area (Å²) in [5.74, 6) is 1.85. The lowest BCUT2D eigenvalue weighted by atomic mass is 10.0. The fourth-order valence-corrected chi connectivity index (χ4v) is 2.25. The zero-order valence-corrected chi connectivity index (χ0v) is 12.6. The van der Waals surface area contributed by atoms with Gasteiger partial charge < -0.3 is 14.8 Å². The van der Waals surface area contributed by atoms with Crippen LogP contribution in [-0.4, -0.2) is 11.8 Å². The molecular formula is C16H25NO2. The summed E-state index contributed by atoms with van der Waals surface area (Å²) in [5, 5.41) is 3.52. The lowest BCUT2D eigenvalue weighted by Crippen LogP contribution is -2.29. The van der Waals surface area contributed by atoms with Gasteiger partial charge >= 0.3 is 0 Å². The second-order valence-corrected chi connectivity index (χ2v) is 6.28. The quantitative estimate of drug-likeness (QED) is 0.852. The van der Waals surface area contributed by atoms with Crippen molar-refractivity contribution in [2.75, 3.05) is 5.32 Å². The van der Waals surface area contributed by atoms with Crippen LogP contribution in [-0.2, 0) is 0 Å². The maximum absolute atomic E-state index is 5.75. The summed E-state index contributed by atoms with van der Waals surface area (Å²) >= 11 is 0. The number of nitrogens with one attached hydrogen (secondary N) is 1. The van der Waals surface area contributed by atoms with Crippen molar-refractivity contribution >= 4 is 5.69 Å². The maximum atomic E-state index is 5.75. The first-order valence-corrected chi connectivity index (χ1v) is 7.14. The van der Waals surface area contributed by atoms with E-state index in [0.29, 0.717) is 6.04 Å². The van der Waals surface area contributed by atoms with Crippen LogP contribution in [0.3, 0.4) is 0 Å². The van der Waals surface area contributed by atoms with Crippen LogP contribution >= 0.6 is 0 Å². The minimum Gasteiger partial charge on any atom is -0.449 e. The largest absolute Gasteiger partial charge is 0.449 e. The Morgan fingerprint density at radius 1 is 1.05 bits per heavy atom. The molecule has 0 saturated carbocycles. The zero-order chi connectivity index (χ0) is 14.0. The number of rotatable bonds is 5. The Bertz CT molecular complexity index is 440. The Labute approximate surface area is 116 Å². The third-order valence-electron chi connectivity index (χ3n) is 3.25. The van der Waals surface area contributed by atoms with Crippen LogP contribution in [0.15, 0.2) is 18.2 Å². The van der Waals surface area contributed by atoms with Crippen LogP contribution in [0.5, 0.6) is 11.5 Å². The molecule has 3 nitrogen and oxygen atoms in total. The molecule has 1 heterocycles. The summed E-state index contributed by atoms with van der Waals surface area (Å²) < 4.78 is 11.4. The smallest absolute Gasteiger partial charge is 0.246 e. The van der Waals surface area contributed by atoms with Crippen LogP contribution in [0.4, 0.5) is 5.69 Å². The molecule has 106 valence electrons. The van der Waals surface area contributed by atoms with Gasteiger partial charge in [-0.25, -0.2) is 0 Å². The molecule has 19 heavy (non-hydrogen) atoms. The normalized spacial score (nSPS) is 17.6. The van der Waals surface area contributed by atoms with Gasteiger partial charge in [-0.05, 0) is 37.8 Å². The van der Waals surface area contributed by atoms with E-state index in [4.69, 9.17) is 9.47 Å². The lowest BCUT2D eigenvalue weighted by molar-refractivity contribution is -0.0431. The third-order valence-corrected chi connectivity index (χ3v) is 3.25. The first kappa shape index (κ1) is 14.0. The van der Waals surface area contributed by atoms with Gasteiger partial charge in [-0.1, -0.05) is 13.8 Å². The number of hydrogen-bond donors (Lipinski definition) is 1. The van der Waals surface area contributed by atoms with Crippen molar-refractivity contribution in [1.82, 2.24) is 0 Å². The predicted molar refractivity (Wildman–Crippen MR) is 78.9 cm³/mol. The fraction of sp³-hybridized carbons (Fsp3) is 0.625. The molecule has 1 unspecified atom stereocenters. The number of ether oxygens (including phenoxy) is 2. The lowest BCUT2D eigenvalue weighted by Gasteiger charge is -2.17. The molecule has 3 heteroatoms. The van der Waals surface area contributed by atoms with Crippen LogP contribution < -0.4 is 14.8 Å². The monoisotopic (exact) mass is 263 g/mol. The molecule has 1 atom stereocenters. The Hall–Kier alpha value is -1.38. The molecule has 2 rings (SSSR count). The van der Waals surface area contributed by atoms with Gasteiger partial charge in [0.15, 0.2) is 11.5 Å². The summed E-state index contributed by atoms with van der Waals surface area (Å²) in [7, 11) is 0. The van der Waals surface area contributed by atoms with Crippen molar-refractivity contribution in [2.24, 2.45) is 5.92 Å². The average Bonchev–Trinajstić information content (AvgIpc) is 2.59. The van der Waals surface area contributed by atoms with Crippen LogP contribution in [0.25, 0.3) is 0 Å². The van der Waals surface area contributed by atoms with Crippen molar-refractivity contribution in [3.8, 4) is 11.5 Å². The minimum atomic E-state index is -0.551. The summed E-state index contributed by atoms with van der Waals surface area (Å²) in [6.45, 7) is 10.6. The van der Waals surface area contributed by atoms with Crippen molar-refractivity contribution < 1.29 is 9.47 Å². The van der Waals surface area contributed by atoms with E-state index in [-0.39, 0.29) is 0 Å². The summed E-state index contributed by atoms with van der Waals surface area (Å²) in [4.78, 5) is 0. The highest BCUT2D eigenvalue weighted by molar-refractivity contribution is 5.56. The minimum absolute atomic E-state index is 0.468. The Morgan fingerprint density at radius 3 is 2.42 bits per heavy atom. The van der Waals surface area contributed by atoms with E-state index >= 15 is 0 Å². The van der Waals surface area contributed by atoms with Gasteiger partial charge in [0.25, 0.3) is 0 Å². The van der Waals surface area contributed by atoms with Gasteiger partial charge in [0.05, 0.1) is 0 Å².